The van der Waals surface area contributed by atoms with Crippen LogP contribution in [-0.4, -0.2) is 55.0 Å². The molecule has 0 aliphatic carbocycles. The molecule has 4 nitrogen and oxygen atoms in total. The van der Waals surface area contributed by atoms with E-state index in [0.717, 1.165) is 51.0 Å². The Morgan fingerprint density at radius 3 is 2.59 bits per heavy atom. The first-order valence-electron chi connectivity index (χ1n) is 8.27. The number of nitrogens with one attached hydrogen (secondary N) is 1. The minimum Gasteiger partial charge on any atom is -0.347 e. The zero-order chi connectivity index (χ0) is 15.7. The van der Waals surface area contributed by atoms with Crippen molar-refractivity contribution in [2.24, 2.45) is 0 Å². The number of carbonyl (C=O) groups is 1. The molecule has 22 heavy (non-hydrogen) atoms. The van der Waals surface area contributed by atoms with Gasteiger partial charge in [-0.25, -0.2) is 0 Å². The smallest absolute Gasteiger partial charge is 0.251 e. The fourth-order valence-electron chi connectivity index (χ4n) is 3.54. The lowest BCUT2D eigenvalue weighted by molar-refractivity contribution is 0.0850. The SMILES string of the molecule is CN1CCC(C)(NC(=O)c2cccc3c2CCN(C)C3)CC1. The van der Waals surface area contributed by atoms with Crippen molar-refractivity contribution in [2.45, 2.75) is 38.3 Å². The van der Waals surface area contributed by atoms with Crippen LogP contribution in [0.3, 0.4) is 0 Å². The van der Waals surface area contributed by atoms with Crippen LogP contribution < -0.4 is 5.32 Å². The topological polar surface area (TPSA) is 35.6 Å². The van der Waals surface area contributed by atoms with Crippen molar-refractivity contribution in [2.75, 3.05) is 33.7 Å². The molecule has 1 amide bonds. The van der Waals surface area contributed by atoms with E-state index in [1.165, 1.54) is 11.1 Å². The van der Waals surface area contributed by atoms with Crippen molar-refractivity contribution in [3.05, 3.63) is 34.9 Å². The number of likely N-dealkylation sites (tertiary alicyclic amines) is 1. The van der Waals surface area contributed by atoms with Crippen LogP contribution in [-0.2, 0) is 13.0 Å². The van der Waals surface area contributed by atoms with Gasteiger partial charge in [0.25, 0.3) is 5.91 Å². The van der Waals surface area contributed by atoms with Gasteiger partial charge in [0, 0.05) is 37.3 Å². The van der Waals surface area contributed by atoms with E-state index in [1.54, 1.807) is 0 Å². The van der Waals surface area contributed by atoms with E-state index in [9.17, 15) is 4.79 Å². The summed E-state index contributed by atoms with van der Waals surface area (Å²) in [5, 5.41) is 3.31. The van der Waals surface area contributed by atoms with E-state index in [0.29, 0.717) is 0 Å². The van der Waals surface area contributed by atoms with Gasteiger partial charge in [0.15, 0.2) is 0 Å². The Hall–Kier alpha value is -1.39. The van der Waals surface area contributed by atoms with Gasteiger partial charge in [-0.3, -0.25) is 4.79 Å². The lowest BCUT2D eigenvalue weighted by atomic mass is 9.88. The fourth-order valence-corrected chi connectivity index (χ4v) is 3.54. The second-order valence-corrected chi connectivity index (χ2v) is 7.25. The molecule has 3 rings (SSSR count). The third-order valence-corrected chi connectivity index (χ3v) is 5.21. The highest BCUT2D eigenvalue weighted by Gasteiger charge is 2.31. The van der Waals surface area contributed by atoms with Gasteiger partial charge in [0.05, 0.1) is 0 Å². The zero-order valence-electron chi connectivity index (χ0n) is 14.0. The molecule has 1 N–H and O–H groups in total. The van der Waals surface area contributed by atoms with Crippen molar-refractivity contribution in [3.8, 4) is 0 Å². The third-order valence-electron chi connectivity index (χ3n) is 5.21. The summed E-state index contributed by atoms with van der Waals surface area (Å²) in [6.45, 7) is 6.25. The molecule has 120 valence electrons. The summed E-state index contributed by atoms with van der Waals surface area (Å²) in [6, 6.07) is 6.15. The van der Waals surface area contributed by atoms with E-state index in [2.05, 4.69) is 42.2 Å². The molecule has 0 bridgehead atoms. The van der Waals surface area contributed by atoms with Gasteiger partial charge in [0.2, 0.25) is 0 Å². The van der Waals surface area contributed by atoms with Crippen LogP contribution >= 0.6 is 0 Å². The van der Waals surface area contributed by atoms with Crippen LogP contribution in [0.15, 0.2) is 18.2 Å². The molecule has 0 atom stereocenters. The molecule has 0 aromatic heterocycles. The number of carbonyl (C=O) groups excluding carboxylic acids is 1. The van der Waals surface area contributed by atoms with Crippen molar-refractivity contribution in [1.82, 2.24) is 15.1 Å². The van der Waals surface area contributed by atoms with Gasteiger partial charge in [-0.05, 0) is 57.5 Å². The minimum absolute atomic E-state index is 0.0717. The summed E-state index contributed by atoms with van der Waals surface area (Å²) in [5.74, 6) is 0.105. The predicted molar refractivity (Wildman–Crippen MR) is 89.1 cm³/mol. The van der Waals surface area contributed by atoms with E-state index in [-0.39, 0.29) is 11.4 Å². The molecule has 0 unspecified atom stereocenters. The van der Waals surface area contributed by atoms with Crippen molar-refractivity contribution in [1.29, 1.82) is 0 Å². The summed E-state index contributed by atoms with van der Waals surface area (Å²) in [6.07, 6.45) is 3.01. The number of hydrogen-bond donors (Lipinski definition) is 1. The summed E-state index contributed by atoms with van der Waals surface area (Å²) in [5.41, 5.74) is 3.35. The number of amides is 1. The number of likely N-dealkylation sites (N-methyl/N-ethyl adjacent to an activating group) is 1. The monoisotopic (exact) mass is 301 g/mol. The first-order valence-corrected chi connectivity index (χ1v) is 8.27. The molecule has 2 aliphatic heterocycles. The van der Waals surface area contributed by atoms with E-state index >= 15 is 0 Å². The summed E-state index contributed by atoms with van der Waals surface area (Å²) in [4.78, 5) is 17.5. The molecule has 1 aromatic rings. The maximum absolute atomic E-state index is 12.8. The number of benzene rings is 1. The molecule has 2 aliphatic rings. The fraction of sp³-hybridized carbons (Fsp3) is 0.611. The zero-order valence-corrected chi connectivity index (χ0v) is 14.0. The summed E-state index contributed by atoms with van der Waals surface area (Å²) >= 11 is 0. The molecule has 0 radical (unpaired) electrons. The molecular formula is C18H27N3O. The molecule has 0 spiro atoms. The first-order chi connectivity index (χ1) is 10.5. The van der Waals surface area contributed by atoms with Crippen LogP contribution in [0, 0.1) is 0 Å². The summed E-state index contributed by atoms with van der Waals surface area (Å²) < 4.78 is 0. The second kappa shape index (κ2) is 6.01. The minimum atomic E-state index is -0.0717. The quantitative estimate of drug-likeness (QED) is 0.906. The summed E-state index contributed by atoms with van der Waals surface area (Å²) in [7, 11) is 4.28. The van der Waals surface area contributed by atoms with Crippen LogP contribution in [0.5, 0.6) is 0 Å². The number of piperidine rings is 1. The molecule has 1 saturated heterocycles. The van der Waals surface area contributed by atoms with Crippen LogP contribution in [0.4, 0.5) is 0 Å². The van der Waals surface area contributed by atoms with Gasteiger partial charge in [-0.2, -0.15) is 0 Å². The number of rotatable bonds is 2. The van der Waals surface area contributed by atoms with Gasteiger partial charge in [0.1, 0.15) is 0 Å². The van der Waals surface area contributed by atoms with Crippen molar-refractivity contribution in [3.63, 3.8) is 0 Å². The average Bonchev–Trinajstić information content (AvgIpc) is 2.49. The lowest BCUT2D eigenvalue weighted by Crippen LogP contribution is -2.52. The molecule has 1 aromatic carbocycles. The average molecular weight is 301 g/mol. The Labute approximate surface area is 133 Å². The number of fused-ring (bicyclic) bond motifs is 1. The molecule has 0 saturated carbocycles. The van der Waals surface area contributed by atoms with Gasteiger partial charge in [-0.15, -0.1) is 0 Å². The Kier molecular flexibility index (Phi) is 4.24. The maximum atomic E-state index is 12.8. The van der Waals surface area contributed by atoms with E-state index in [1.807, 2.05) is 12.1 Å². The Morgan fingerprint density at radius 1 is 1.14 bits per heavy atom. The van der Waals surface area contributed by atoms with Gasteiger partial charge < -0.3 is 15.1 Å². The van der Waals surface area contributed by atoms with Crippen LogP contribution in [0.25, 0.3) is 0 Å². The third kappa shape index (κ3) is 3.18. The largest absolute Gasteiger partial charge is 0.347 e. The molecule has 1 fully saturated rings. The van der Waals surface area contributed by atoms with Crippen LogP contribution in [0.1, 0.15) is 41.3 Å². The Morgan fingerprint density at radius 2 is 1.86 bits per heavy atom. The number of hydrogen-bond acceptors (Lipinski definition) is 3. The molecular weight excluding hydrogens is 274 g/mol. The standard InChI is InChI=1S/C18H27N3O/c1-18(8-11-20(2)12-9-18)19-17(22)16-6-4-5-14-13-21(3)10-7-15(14)16/h4-6H,7-13H2,1-3H3,(H,19,22). The number of nitrogens with zero attached hydrogens (tertiary/aromatic N) is 2. The maximum Gasteiger partial charge on any atom is 0.251 e. The van der Waals surface area contributed by atoms with E-state index < -0.39 is 0 Å². The highest BCUT2D eigenvalue weighted by Crippen LogP contribution is 2.25. The second-order valence-electron chi connectivity index (χ2n) is 7.25. The van der Waals surface area contributed by atoms with Crippen molar-refractivity contribution < 1.29 is 4.79 Å². The van der Waals surface area contributed by atoms with E-state index in [4.69, 9.17) is 0 Å². The van der Waals surface area contributed by atoms with Crippen LogP contribution in [0.2, 0.25) is 0 Å². The van der Waals surface area contributed by atoms with Gasteiger partial charge >= 0.3 is 0 Å². The molecule has 4 heteroatoms. The highest BCUT2D eigenvalue weighted by atomic mass is 16.1. The normalized spacial score (nSPS) is 22.1. The first kappa shape index (κ1) is 15.5. The lowest BCUT2D eigenvalue weighted by Gasteiger charge is -2.38. The van der Waals surface area contributed by atoms with Crippen molar-refractivity contribution >= 4 is 5.91 Å². The highest BCUT2D eigenvalue weighted by molar-refractivity contribution is 5.96. The molecule has 2 heterocycles. The Bertz CT molecular complexity index is 561. The Balaban J connectivity index is 1.77. The van der Waals surface area contributed by atoms with Gasteiger partial charge in [-0.1, -0.05) is 12.1 Å². The predicted octanol–water partition coefficient (Wildman–Crippen LogP) is 1.89.